The number of hydrogen-bond donors (Lipinski definition) is 3. The predicted molar refractivity (Wildman–Crippen MR) is 139 cm³/mol. The van der Waals surface area contributed by atoms with Crippen molar-refractivity contribution >= 4 is 29.2 Å². The Hall–Kier alpha value is -2.18. The Kier molecular flexibility index (Phi) is 9.28. The van der Waals surface area contributed by atoms with Crippen molar-refractivity contribution in [3.05, 3.63) is 57.6 Å². The molecule has 2 aliphatic rings. The Morgan fingerprint density at radius 1 is 1.35 bits per heavy atom. The van der Waals surface area contributed by atoms with Gasteiger partial charge in [-0.15, -0.1) is 0 Å². The molecule has 202 valence electrons. The molecule has 1 aliphatic heterocycles. The van der Waals surface area contributed by atoms with Crippen LogP contribution in [0.3, 0.4) is 0 Å². The van der Waals surface area contributed by atoms with Gasteiger partial charge in [0.05, 0.1) is 29.9 Å². The normalized spacial score (nSPS) is 26.8. The van der Waals surface area contributed by atoms with Gasteiger partial charge in [-0.1, -0.05) is 56.1 Å². The van der Waals surface area contributed by atoms with Gasteiger partial charge < -0.3 is 20.4 Å². The number of nitrogens with zero attached hydrogens (tertiary/aromatic N) is 2. The van der Waals surface area contributed by atoms with Crippen LogP contribution < -0.4 is 5.32 Å². The number of urea groups is 1. The number of hydrogen-bond acceptors (Lipinski definition) is 4. The summed E-state index contributed by atoms with van der Waals surface area (Å²) in [5.74, 6) is -2.88. The Bertz CT molecular complexity index is 1120. The number of benzene rings is 1. The van der Waals surface area contributed by atoms with Crippen molar-refractivity contribution in [2.75, 3.05) is 19.7 Å². The van der Waals surface area contributed by atoms with Gasteiger partial charge in [0.15, 0.2) is 0 Å². The number of amides is 2. The van der Waals surface area contributed by atoms with Crippen LogP contribution >= 0.6 is 23.2 Å². The number of carbonyl (C=O) groups is 1. The highest BCUT2D eigenvalue weighted by molar-refractivity contribution is 6.31. The first-order valence-corrected chi connectivity index (χ1v) is 13.0. The van der Waals surface area contributed by atoms with E-state index >= 15 is 8.78 Å². The summed E-state index contributed by atoms with van der Waals surface area (Å²) in [6, 6.07) is 4.76. The van der Waals surface area contributed by atoms with Crippen molar-refractivity contribution in [3.8, 4) is 6.07 Å². The van der Waals surface area contributed by atoms with E-state index in [1.165, 1.54) is 23.1 Å². The minimum Gasteiger partial charge on any atom is -0.394 e. The number of rotatable bonds is 7. The third kappa shape index (κ3) is 6.12. The molecule has 1 unspecified atom stereocenters. The average molecular weight is 556 g/mol. The molecule has 2 amide bonds. The maximum absolute atomic E-state index is 15.6. The first-order chi connectivity index (χ1) is 17.4. The van der Waals surface area contributed by atoms with Gasteiger partial charge in [-0.05, 0) is 42.9 Å². The predicted octanol–water partition coefficient (Wildman–Crippen LogP) is 5.43. The van der Waals surface area contributed by atoms with Crippen molar-refractivity contribution in [2.45, 2.75) is 57.6 Å². The van der Waals surface area contributed by atoms with E-state index in [2.05, 4.69) is 11.4 Å². The molecule has 1 aliphatic carbocycles. The van der Waals surface area contributed by atoms with E-state index in [0.29, 0.717) is 6.42 Å². The molecule has 0 aromatic heterocycles. The van der Waals surface area contributed by atoms with E-state index in [1.807, 2.05) is 20.8 Å². The molecular weight excluding hydrogens is 523 g/mol. The van der Waals surface area contributed by atoms with Crippen molar-refractivity contribution < 1.29 is 23.8 Å². The second kappa shape index (κ2) is 11.7. The highest BCUT2D eigenvalue weighted by Crippen LogP contribution is 2.54. The largest absolute Gasteiger partial charge is 0.394 e. The van der Waals surface area contributed by atoms with Crippen LogP contribution in [0.15, 0.2) is 41.2 Å². The molecule has 5 atom stereocenters. The number of carbonyl (C=O) groups excluding carboxylic acids is 1. The van der Waals surface area contributed by atoms with E-state index in [9.17, 15) is 15.2 Å². The van der Waals surface area contributed by atoms with Crippen molar-refractivity contribution in [2.24, 2.45) is 17.3 Å². The van der Waals surface area contributed by atoms with Gasteiger partial charge in [0.1, 0.15) is 17.1 Å². The number of aliphatic hydroxyl groups is 2. The van der Waals surface area contributed by atoms with Crippen molar-refractivity contribution in [1.82, 2.24) is 10.2 Å². The number of allylic oxidation sites excluding steroid dienone is 3. The third-order valence-corrected chi connectivity index (χ3v) is 7.64. The van der Waals surface area contributed by atoms with E-state index in [4.69, 9.17) is 28.3 Å². The van der Waals surface area contributed by atoms with Gasteiger partial charge in [-0.2, -0.15) is 5.26 Å². The first-order valence-electron chi connectivity index (χ1n) is 12.3. The minimum absolute atomic E-state index is 0.0478. The number of nitriles is 1. The van der Waals surface area contributed by atoms with Crippen LogP contribution in [0.2, 0.25) is 5.02 Å². The Balaban J connectivity index is 2.19. The summed E-state index contributed by atoms with van der Waals surface area (Å²) < 4.78 is 31.2. The molecule has 6 nitrogen and oxygen atoms in total. The number of halogens is 4. The topological polar surface area (TPSA) is 96.6 Å². The summed E-state index contributed by atoms with van der Waals surface area (Å²) in [7, 11) is 0. The highest BCUT2D eigenvalue weighted by atomic mass is 35.5. The van der Waals surface area contributed by atoms with Gasteiger partial charge in [0.2, 0.25) is 0 Å². The number of nitrogens with one attached hydrogen (secondary N) is 1. The van der Waals surface area contributed by atoms with Crippen LogP contribution in [-0.4, -0.2) is 53.0 Å². The molecule has 37 heavy (non-hydrogen) atoms. The fourth-order valence-corrected chi connectivity index (χ4v) is 5.99. The van der Waals surface area contributed by atoms with Crippen LogP contribution in [0.1, 0.15) is 45.6 Å². The Morgan fingerprint density at radius 3 is 2.65 bits per heavy atom. The smallest absolute Gasteiger partial charge is 0.317 e. The van der Waals surface area contributed by atoms with E-state index in [1.54, 1.807) is 6.08 Å². The molecule has 0 bridgehead atoms. The van der Waals surface area contributed by atoms with Gasteiger partial charge in [0.25, 0.3) is 0 Å². The molecule has 1 aromatic carbocycles. The average Bonchev–Trinajstić information content (AvgIpc) is 3.13. The standard InChI is InChI=1S/C27H33Cl2F2N3O3/c1-26(2,3)12-16-13-34(25(37)33-10-9-18(36)14-35)24(19-5-4-6-21(29)23(19)31)27(16,15-32)20-8-7-17(28)11-22(20)30/h4,6-8,11,16,18-19,24,35-36H,5,9-10,12-14H2,1-3H3,(H,33,37)/t16-,18+,19?,24-,27-/m1/s1. The lowest BCUT2D eigenvalue weighted by molar-refractivity contribution is 0.0879. The molecule has 1 fully saturated rings. The fourth-order valence-electron chi connectivity index (χ4n) is 5.60. The molecule has 0 spiro atoms. The SMILES string of the molecule is CC(C)(C)C[C@@H]1CN(C(=O)NCC[C@H](O)CO)[C@H](C2CC=CC(Cl)=C2F)[C@@]1(C#N)c1ccc(Cl)cc1F. The van der Waals surface area contributed by atoms with E-state index in [-0.39, 0.29) is 47.0 Å². The summed E-state index contributed by atoms with van der Waals surface area (Å²) in [6.07, 6.45) is 2.84. The third-order valence-electron chi connectivity index (χ3n) is 7.10. The van der Waals surface area contributed by atoms with Crippen LogP contribution in [-0.2, 0) is 5.41 Å². The molecule has 3 N–H and O–H groups in total. The molecule has 3 rings (SSSR count). The zero-order valence-electron chi connectivity index (χ0n) is 21.1. The summed E-state index contributed by atoms with van der Waals surface area (Å²) in [5, 5.41) is 32.3. The van der Waals surface area contributed by atoms with Crippen LogP contribution in [0, 0.1) is 34.4 Å². The monoisotopic (exact) mass is 555 g/mol. The lowest BCUT2D eigenvalue weighted by Crippen LogP contribution is -2.53. The summed E-state index contributed by atoms with van der Waals surface area (Å²) in [5.41, 5.74) is -1.84. The first kappa shape index (κ1) is 29.4. The van der Waals surface area contributed by atoms with Gasteiger partial charge in [0, 0.05) is 35.5 Å². The maximum atomic E-state index is 15.6. The molecule has 0 saturated carbocycles. The molecule has 1 aromatic rings. The molecule has 1 heterocycles. The Labute approximate surface area is 226 Å². The fraction of sp³-hybridized carbons (Fsp3) is 0.556. The minimum atomic E-state index is -1.60. The lowest BCUT2D eigenvalue weighted by atomic mass is 9.62. The molecule has 10 heteroatoms. The van der Waals surface area contributed by atoms with Crippen LogP contribution in [0.25, 0.3) is 0 Å². The zero-order valence-corrected chi connectivity index (χ0v) is 22.7. The highest BCUT2D eigenvalue weighted by Gasteiger charge is 2.61. The maximum Gasteiger partial charge on any atom is 0.317 e. The summed E-state index contributed by atoms with van der Waals surface area (Å²) >= 11 is 12.2. The second-order valence-corrected chi connectivity index (χ2v) is 11.8. The summed E-state index contributed by atoms with van der Waals surface area (Å²) in [4.78, 5) is 14.9. The van der Waals surface area contributed by atoms with Crippen LogP contribution in [0.5, 0.6) is 0 Å². The van der Waals surface area contributed by atoms with Gasteiger partial charge in [-0.25, -0.2) is 13.6 Å². The van der Waals surface area contributed by atoms with Crippen molar-refractivity contribution in [3.63, 3.8) is 0 Å². The van der Waals surface area contributed by atoms with Crippen LogP contribution in [0.4, 0.5) is 13.6 Å². The molecule has 1 saturated heterocycles. The molecular formula is C27H33Cl2F2N3O3. The molecule has 0 radical (unpaired) electrons. The lowest BCUT2D eigenvalue weighted by Gasteiger charge is -2.41. The number of likely N-dealkylation sites (tertiary alicyclic amines) is 1. The van der Waals surface area contributed by atoms with E-state index in [0.717, 1.165) is 6.07 Å². The van der Waals surface area contributed by atoms with Gasteiger partial charge in [-0.3, -0.25) is 0 Å². The quantitative estimate of drug-likeness (QED) is 0.418. The van der Waals surface area contributed by atoms with Gasteiger partial charge >= 0.3 is 6.03 Å². The Morgan fingerprint density at radius 2 is 2.05 bits per heavy atom. The number of aliphatic hydroxyl groups excluding tert-OH is 2. The summed E-state index contributed by atoms with van der Waals surface area (Å²) in [6.45, 7) is 5.64. The zero-order chi connectivity index (χ0) is 27.5. The van der Waals surface area contributed by atoms with E-state index < -0.39 is 53.7 Å². The van der Waals surface area contributed by atoms with Crippen molar-refractivity contribution in [1.29, 1.82) is 5.26 Å². The second-order valence-electron chi connectivity index (χ2n) is 11.0.